The molecule has 0 radical (unpaired) electrons. The first-order valence-electron chi connectivity index (χ1n) is 0.667. The topological polar surface area (TPSA) is 80.3 Å². The van der Waals surface area contributed by atoms with Crippen molar-refractivity contribution in [1.29, 1.82) is 0 Å². The first-order valence-corrected chi connectivity index (χ1v) is 2.00. The van der Waals surface area contributed by atoms with Crippen LogP contribution in [0.2, 0.25) is 0 Å². The van der Waals surface area contributed by atoms with Crippen molar-refractivity contribution >= 4 is 10.4 Å². The van der Waals surface area contributed by atoms with Gasteiger partial charge in [-0.25, -0.2) is 0 Å². The summed E-state index contributed by atoms with van der Waals surface area (Å²) in [5.74, 6) is 0. The van der Waals surface area contributed by atoms with Crippen LogP contribution < -0.4 is 0 Å². The van der Waals surface area contributed by atoms with Gasteiger partial charge in [0.1, 0.15) is 0 Å². The van der Waals surface area contributed by atoms with Crippen LogP contribution in [0.5, 0.6) is 0 Å². The summed E-state index contributed by atoms with van der Waals surface area (Å²) < 4.78 is 34.1. The van der Waals surface area contributed by atoms with E-state index in [1.54, 1.807) is 0 Å². The van der Waals surface area contributed by atoms with E-state index in [0.29, 0.717) is 0 Å². The van der Waals surface area contributed by atoms with Crippen molar-refractivity contribution in [3.05, 3.63) is 0 Å². The molecule has 0 aliphatic carbocycles. The van der Waals surface area contributed by atoms with E-state index < -0.39 is 10.4 Å². The number of rotatable bonds is 0. The molecule has 0 spiro atoms. The third kappa shape index (κ3) is 118. The molecule has 0 aliphatic heterocycles. The van der Waals surface area contributed by atoms with E-state index in [2.05, 4.69) is 0 Å². The zero-order chi connectivity index (χ0) is 4.50. The molecule has 0 heterocycles. The fraction of sp³-hybridized carbons (Fsp3) is 0. The van der Waals surface area contributed by atoms with E-state index in [4.69, 9.17) is 17.5 Å². The van der Waals surface area contributed by atoms with Gasteiger partial charge in [0.15, 0.2) is 0 Å². The molecule has 0 aromatic heterocycles. The van der Waals surface area contributed by atoms with Crippen LogP contribution in [0, 0.1) is 0 Å². The Morgan fingerprint density at radius 3 is 1.33 bits per heavy atom. The Kier molecular flexibility index (Phi) is 4.70. The fourth-order valence-electron chi connectivity index (χ4n) is 0. The molecule has 0 aromatic rings. The molecule has 0 N–H and O–H groups in total. The standard InChI is InChI=1S/H2O4S.Zr/c1-5(2,3)4;/h(H2,1,2,3,4);/q;+2/p-1. The van der Waals surface area contributed by atoms with Crippen molar-refractivity contribution in [1.82, 2.24) is 0 Å². The van der Waals surface area contributed by atoms with Crippen molar-refractivity contribution < 1.29 is 45.2 Å². The third-order valence-electron chi connectivity index (χ3n) is 0. The first-order chi connectivity index (χ1) is 2.00. The predicted octanol–water partition coefficient (Wildman–Crippen LogP) is -1.23. The molecule has 6 heavy (non-hydrogen) atoms. The van der Waals surface area contributed by atoms with Crippen molar-refractivity contribution in [3.8, 4) is 0 Å². The van der Waals surface area contributed by atoms with Gasteiger partial charge in [-0.1, -0.05) is 0 Å². The van der Waals surface area contributed by atoms with Gasteiger partial charge < -0.3 is 9.11 Å². The number of hydrogen-bond donors (Lipinski definition) is 0. The van der Waals surface area contributed by atoms with Gasteiger partial charge in [-0.3, -0.25) is 8.42 Å². The molecule has 0 unspecified atom stereocenters. The molecular weight excluding hydrogens is 187 g/mol. The summed E-state index contributed by atoms with van der Waals surface area (Å²) in [6, 6.07) is 0. The Labute approximate surface area is 55.7 Å². The number of hydrogen-bond acceptors (Lipinski definition) is 4. The molecule has 34 valence electrons. The van der Waals surface area contributed by atoms with Gasteiger partial charge >= 0.3 is 27.6 Å². The minimum atomic E-state index is -5.17. The van der Waals surface area contributed by atoms with Gasteiger partial charge in [-0.2, -0.15) is 0 Å². The normalized spacial score (nSPS) is 9.67. The summed E-state index contributed by atoms with van der Waals surface area (Å²) in [4.78, 5) is 0. The van der Waals surface area contributed by atoms with E-state index in [1.807, 2.05) is 0 Å². The Morgan fingerprint density at radius 2 is 1.33 bits per heavy atom. The summed E-state index contributed by atoms with van der Waals surface area (Å²) in [7, 11) is -5.17. The fourth-order valence-corrected chi connectivity index (χ4v) is 0. The van der Waals surface area contributed by atoms with Crippen LogP contribution in [0.3, 0.4) is 0 Å². The van der Waals surface area contributed by atoms with Gasteiger partial charge in [0.2, 0.25) is 0 Å². The van der Waals surface area contributed by atoms with E-state index >= 15 is 0 Å². The molecule has 0 aliphatic rings. The van der Waals surface area contributed by atoms with Gasteiger partial charge in [0.05, 0.1) is 0 Å². The zero-order valence-electron chi connectivity index (χ0n) is 3.54. The van der Waals surface area contributed by atoms with Crippen LogP contribution in [-0.2, 0) is 36.6 Å². The summed E-state index contributed by atoms with van der Waals surface area (Å²) in [5, 5.41) is 0. The summed E-state index contributed by atoms with van der Waals surface area (Å²) >= 11 is 0. The average Bonchev–Trinajstić information content (AvgIpc) is 0.722. The predicted molar refractivity (Wildman–Crippen MR) is 11.6 cm³/mol. The van der Waals surface area contributed by atoms with Crippen LogP contribution in [-0.4, -0.2) is 17.5 Å². The molecule has 0 bridgehead atoms. The molecule has 4 nitrogen and oxygen atoms in total. The molecule has 0 saturated carbocycles. The van der Waals surface area contributed by atoms with Crippen LogP contribution in [0.4, 0.5) is 0 Å². The van der Waals surface area contributed by atoms with Crippen molar-refractivity contribution in [3.63, 3.8) is 0 Å². The Hall–Kier alpha value is 0.753. The van der Waals surface area contributed by atoms with E-state index in [-0.39, 0.29) is 27.6 Å². The van der Waals surface area contributed by atoms with Crippen molar-refractivity contribution in [2.75, 3.05) is 0 Å². The smallest absolute Gasteiger partial charge is 0.759 e. The van der Waals surface area contributed by atoms with Crippen LogP contribution >= 0.6 is 0 Å². The molecule has 0 amide bonds. The molecule has 0 saturated heterocycles. The van der Waals surface area contributed by atoms with Gasteiger partial charge in [-0.15, -0.1) is 0 Å². The second kappa shape index (κ2) is 2.85. The van der Waals surface area contributed by atoms with Gasteiger partial charge in [-0.05, 0) is 0 Å². The summed E-state index contributed by atoms with van der Waals surface area (Å²) in [6.45, 7) is 0. The van der Waals surface area contributed by atoms with Gasteiger partial charge in [0.25, 0.3) is 0 Å². The summed E-state index contributed by atoms with van der Waals surface area (Å²) in [6.07, 6.45) is 0. The minimum absolute atomic E-state index is 0. The molecule has 0 rings (SSSR count). The molecule has 0 atom stereocenters. The minimum Gasteiger partial charge on any atom is -0.759 e. The maximum Gasteiger partial charge on any atom is 2.00 e. The molecule has 6 heteroatoms. The van der Waals surface area contributed by atoms with Crippen LogP contribution in [0.1, 0.15) is 1.43 Å². The molecular formula is HO4SZr+. The van der Waals surface area contributed by atoms with E-state index in [9.17, 15) is 0 Å². The monoisotopic (exact) mass is 187 g/mol. The second-order valence-electron chi connectivity index (χ2n) is 0.408. The SMILES string of the molecule is O=S(=O)([O-])[O-].[H+].[Zr+2]. The molecule has 0 aromatic carbocycles. The first kappa shape index (κ1) is 9.89. The van der Waals surface area contributed by atoms with Crippen LogP contribution in [0.25, 0.3) is 0 Å². The quantitative estimate of drug-likeness (QED) is 0.352. The second-order valence-corrected chi connectivity index (χ2v) is 1.22. The van der Waals surface area contributed by atoms with Crippen molar-refractivity contribution in [2.45, 2.75) is 0 Å². The van der Waals surface area contributed by atoms with E-state index in [1.165, 1.54) is 0 Å². The van der Waals surface area contributed by atoms with Crippen LogP contribution in [0.15, 0.2) is 0 Å². The van der Waals surface area contributed by atoms with E-state index in [0.717, 1.165) is 0 Å². The Morgan fingerprint density at radius 1 is 1.33 bits per heavy atom. The Bertz CT molecular complexity index is 94.9. The average molecular weight is 188 g/mol. The molecule has 0 fully saturated rings. The maximum atomic E-state index is 8.52. The third-order valence-corrected chi connectivity index (χ3v) is 0. The van der Waals surface area contributed by atoms with Crippen molar-refractivity contribution in [2.24, 2.45) is 0 Å². The van der Waals surface area contributed by atoms with Gasteiger partial charge in [0, 0.05) is 10.4 Å². The maximum absolute atomic E-state index is 8.52. The zero-order valence-corrected chi connectivity index (χ0v) is 5.82. The largest absolute Gasteiger partial charge is 2.00 e. The summed E-state index contributed by atoms with van der Waals surface area (Å²) in [5.41, 5.74) is 0. The Balaban J connectivity index is -0.0000000800.